The minimum absolute atomic E-state index is 0.0918. The second-order valence-corrected chi connectivity index (χ2v) is 5.04. The molecule has 1 fully saturated rings. The number of amides is 1. The van der Waals surface area contributed by atoms with Crippen molar-refractivity contribution in [3.63, 3.8) is 0 Å². The van der Waals surface area contributed by atoms with Gasteiger partial charge >= 0.3 is 0 Å². The number of hydrogen-bond donors (Lipinski definition) is 2. The van der Waals surface area contributed by atoms with E-state index in [-0.39, 0.29) is 5.91 Å². The largest absolute Gasteiger partial charge is 0.326 e. The number of nitrogens with one attached hydrogen (secondary N) is 1. The third kappa shape index (κ3) is 2.42. The molecule has 3 N–H and O–H groups in total. The van der Waals surface area contributed by atoms with E-state index in [0.717, 1.165) is 35.6 Å². The monoisotopic (exact) mass is 271 g/mol. The number of nitrogens with two attached hydrogens (primary N) is 1. The summed E-state index contributed by atoms with van der Waals surface area (Å²) in [6.45, 7) is 1.89. The van der Waals surface area contributed by atoms with Gasteiger partial charge in [-0.15, -0.1) is 5.10 Å². The molecule has 3 rings (SSSR count). The third-order valence-electron chi connectivity index (χ3n) is 3.35. The summed E-state index contributed by atoms with van der Waals surface area (Å²) in [6.07, 6.45) is 2.32. The average Bonchev–Trinajstić information content (AvgIpc) is 3.17. The fourth-order valence-corrected chi connectivity index (χ4v) is 2.34. The summed E-state index contributed by atoms with van der Waals surface area (Å²) in [5.41, 5.74) is 9.34. The van der Waals surface area contributed by atoms with Gasteiger partial charge in [-0.25, -0.2) is 4.68 Å². The minimum Gasteiger partial charge on any atom is -0.326 e. The van der Waals surface area contributed by atoms with E-state index >= 15 is 0 Å². The molecule has 6 heteroatoms. The van der Waals surface area contributed by atoms with Gasteiger partial charge in [-0.05, 0) is 31.0 Å². The molecule has 0 atom stereocenters. The van der Waals surface area contributed by atoms with Crippen molar-refractivity contribution in [2.45, 2.75) is 32.2 Å². The molecule has 2 aromatic rings. The fraction of sp³-hybridized carbons (Fsp3) is 0.357. The maximum Gasteiger partial charge on any atom is 0.221 e. The van der Waals surface area contributed by atoms with Crippen LogP contribution in [0.1, 0.15) is 37.1 Å². The lowest BCUT2D eigenvalue weighted by molar-refractivity contribution is -0.114. The second-order valence-electron chi connectivity index (χ2n) is 5.04. The van der Waals surface area contributed by atoms with E-state index in [1.807, 2.05) is 28.9 Å². The fourth-order valence-electron chi connectivity index (χ4n) is 2.34. The summed E-state index contributed by atoms with van der Waals surface area (Å²) in [6, 6.07) is 7.58. The van der Waals surface area contributed by atoms with Gasteiger partial charge in [0.25, 0.3) is 0 Å². The molecular formula is C14H17N5O. The molecule has 20 heavy (non-hydrogen) atoms. The van der Waals surface area contributed by atoms with Crippen LogP contribution in [-0.2, 0) is 11.3 Å². The number of hydrogen-bond acceptors (Lipinski definition) is 4. The Balaban J connectivity index is 2.00. The van der Waals surface area contributed by atoms with Crippen molar-refractivity contribution in [1.29, 1.82) is 0 Å². The maximum absolute atomic E-state index is 11.1. The van der Waals surface area contributed by atoms with Crippen molar-refractivity contribution in [3.8, 4) is 5.69 Å². The zero-order valence-corrected chi connectivity index (χ0v) is 11.3. The van der Waals surface area contributed by atoms with Crippen LogP contribution in [0.5, 0.6) is 0 Å². The molecule has 0 radical (unpaired) electrons. The van der Waals surface area contributed by atoms with Crippen LogP contribution in [0.2, 0.25) is 0 Å². The molecule has 0 bridgehead atoms. The standard InChI is InChI=1S/C14H17N5O/c1-9(20)16-11-3-2-4-12(7-11)19-14(10-5-6-10)13(8-15)17-18-19/h2-4,7,10H,5-6,8,15H2,1H3,(H,16,20). The number of benzene rings is 1. The van der Waals surface area contributed by atoms with Crippen LogP contribution in [0.15, 0.2) is 24.3 Å². The zero-order valence-electron chi connectivity index (χ0n) is 11.3. The van der Waals surface area contributed by atoms with Crippen molar-refractivity contribution < 1.29 is 4.79 Å². The highest BCUT2D eigenvalue weighted by Crippen LogP contribution is 2.41. The number of aromatic nitrogens is 3. The van der Waals surface area contributed by atoms with Crippen LogP contribution < -0.4 is 11.1 Å². The Morgan fingerprint density at radius 3 is 2.95 bits per heavy atom. The lowest BCUT2D eigenvalue weighted by Gasteiger charge is -2.09. The average molecular weight is 271 g/mol. The van der Waals surface area contributed by atoms with Crippen LogP contribution >= 0.6 is 0 Å². The molecule has 1 aliphatic carbocycles. The van der Waals surface area contributed by atoms with Crippen LogP contribution in [-0.4, -0.2) is 20.9 Å². The normalized spacial score (nSPS) is 14.3. The van der Waals surface area contributed by atoms with Crippen LogP contribution in [0.25, 0.3) is 5.69 Å². The third-order valence-corrected chi connectivity index (χ3v) is 3.35. The van der Waals surface area contributed by atoms with E-state index in [1.54, 1.807) is 0 Å². The summed E-state index contributed by atoms with van der Waals surface area (Å²) in [5.74, 6) is 0.416. The first-order valence-corrected chi connectivity index (χ1v) is 6.71. The quantitative estimate of drug-likeness (QED) is 0.883. The number of carbonyl (C=O) groups is 1. The highest BCUT2D eigenvalue weighted by molar-refractivity contribution is 5.88. The molecule has 0 spiro atoms. The van der Waals surface area contributed by atoms with E-state index in [4.69, 9.17) is 5.73 Å². The Morgan fingerprint density at radius 2 is 2.30 bits per heavy atom. The highest BCUT2D eigenvalue weighted by atomic mass is 16.1. The number of anilines is 1. The van der Waals surface area contributed by atoms with Crippen molar-refractivity contribution in [2.75, 3.05) is 5.32 Å². The SMILES string of the molecule is CC(=O)Nc1cccc(-n2nnc(CN)c2C2CC2)c1. The van der Waals surface area contributed by atoms with Crippen molar-refractivity contribution in [1.82, 2.24) is 15.0 Å². The first-order chi connectivity index (χ1) is 9.69. The molecule has 1 aromatic heterocycles. The van der Waals surface area contributed by atoms with Gasteiger partial charge in [0.05, 0.1) is 11.4 Å². The first kappa shape index (κ1) is 12.8. The number of carbonyl (C=O) groups excluding carboxylic acids is 1. The van der Waals surface area contributed by atoms with Gasteiger partial charge in [-0.3, -0.25) is 4.79 Å². The Bertz CT molecular complexity index is 645. The van der Waals surface area contributed by atoms with Crippen molar-refractivity contribution >= 4 is 11.6 Å². The molecule has 1 heterocycles. The Morgan fingerprint density at radius 1 is 1.50 bits per heavy atom. The molecule has 6 nitrogen and oxygen atoms in total. The maximum atomic E-state index is 11.1. The van der Waals surface area contributed by atoms with Gasteiger partial charge in [-0.2, -0.15) is 0 Å². The minimum atomic E-state index is -0.0918. The molecule has 0 aliphatic heterocycles. The number of nitrogens with zero attached hydrogens (tertiary/aromatic N) is 3. The van der Waals surface area contributed by atoms with E-state index in [0.29, 0.717) is 12.5 Å². The Labute approximate surface area is 117 Å². The Kier molecular flexibility index (Phi) is 3.23. The first-order valence-electron chi connectivity index (χ1n) is 6.71. The summed E-state index contributed by atoms with van der Waals surface area (Å²) in [7, 11) is 0. The molecule has 1 aliphatic rings. The van der Waals surface area contributed by atoms with Gasteiger partial charge < -0.3 is 11.1 Å². The summed E-state index contributed by atoms with van der Waals surface area (Å²) >= 11 is 0. The van der Waals surface area contributed by atoms with Crippen LogP contribution in [0.4, 0.5) is 5.69 Å². The van der Waals surface area contributed by atoms with Gasteiger partial charge in [0.15, 0.2) is 0 Å². The van der Waals surface area contributed by atoms with Gasteiger partial charge in [0, 0.05) is 25.1 Å². The zero-order chi connectivity index (χ0) is 14.1. The van der Waals surface area contributed by atoms with E-state index in [2.05, 4.69) is 15.6 Å². The smallest absolute Gasteiger partial charge is 0.221 e. The predicted octanol–water partition coefficient (Wildman–Crippen LogP) is 1.56. The molecule has 0 saturated heterocycles. The van der Waals surface area contributed by atoms with Gasteiger partial charge in [0.1, 0.15) is 5.69 Å². The highest BCUT2D eigenvalue weighted by Gasteiger charge is 2.31. The topological polar surface area (TPSA) is 85.8 Å². The number of rotatable bonds is 4. The summed E-state index contributed by atoms with van der Waals surface area (Å²) < 4.78 is 1.84. The molecule has 1 saturated carbocycles. The van der Waals surface area contributed by atoms with E-state index in [1.165, 1.54) is 6.92 Å². The van der Waals surface area contributed by atoms with Crippen LogP contribution in [0, 0.1) is 0 Å². The van der Waals surface area contributed by atoms with Gasteiger partial charge in [0.2, 0.25) is 5.91 Å². The molecule has 0 unspecified atom stereocenters. The lowest BCUT2D eigenvalue weighted by atomic mass is 10.2. The van der Waals surface area contributed by atoms with Gasteiger partial charge in [-0.1, -0.05) is 11.3 Å². The second kappa shape index (κ2) is 5.05. The van der Waals surface area contributed by atoms with E-state index in [9.17, 15) is 4.79 Å². The molecule has 1 amide bonds. The van der Waals surface area contributed by atoms with E-state index < -0.39 is 0 Å². The molecular weight excluding hydrogens is 254 g/mol. The Hall–Kier alpha value is -2.21. The summed E-state index contributed by atoms with van der Waals surface area (Å²) in [5, 5.41) is 11.2. The molecule has 1 aromatic carbocycles. The predicted molar refractivity (Wildman–Crippen MR) is 75.5 cm³/mol. The van der Waals surface area contributed by atoms with Crippen molar-refractivity contribution in [2.24, 2.45) is 5.73 Å². The lowest BCUT2D eigenvalue weighted by Crippen LogP contribution is -2.08. The van der Waals surface area contributed by atoms with Crippen LogP contribution in [0.3, 0.4) is 0 Å². The summed E-state index contributed by atoms with van der Waals surface area (Å²) in [4.78, 5) is 11.1. The van der Waals surface area contributed by atoms with Crippen molar-refractivity contribution in [3.05, 3.63) is 35.7 Å². The molecule has 104 valence electrons.